The summed E-state index contributed by atoms with van der Waals surface area (Å²) in [5.74, 6) is -0.0639. The maximum absolute atomic E-state index is 12.3. The number of nitrogens with zero attached hydrogens (tertiary/aromatic N) is 1. The monoisotopic (exact) mass is 336 g/mol. The van der Waals surface area contributed by atoms with Gasteiger partial charge in [-0.1, -0.05) is 36.2 Å². The van der Waals surface area contributed by atoms with Crippen molar-refractivity contribution in [2.75, 3.05) is 5.32 Å². The Kier molecular flexibility index (Phi) is 5.54. The summed E-state index contributed by atoms with van der Waals surface area (Å²) in [4.78, 5) is 14.9. The largest absolute Gasteiger partial charge is 0.322 e. The first-order chi connectivity index (χ1) is 12.0. The van der Waals surface area contributed by atoms with Crippen molar-refractivity contribution in [1.82, 2.24) is 4.90 Å². The molecule has 1 heterocycles. The van der Waals surface area contributed by atoms with Gasteiger partial charge in [0.05, 0.1) is 0 Å². The molecule has 132 valence electrons. The van der Waals surface area contributed by atoms with Crippen LogP contribution in [0.1, 0.15) is 54.6 Å². The molecule has 1 aliphatic rings. The second kappa shape index (κ2) is 7.83. The van der Waals surface area contributed by atoms with Crippen LogP contribution in [0.5, 0.6) is 0 Å². The Labute approximate surface area is 151 Å². The first kappa shape index (κ1) is 17.7. The first-order valence-corrected chi connectivity index (χ1v) is 9.25. The molecule has 2 unspecified atom stereocenters. The summed E-state index contributed by atoms with van der Waals surface area (Å²) in [7, 11) is 0. The van der Waals surface area contributed by atoms with Crippen LogP contribution in [0.25, 0.3) is 0 Å². The van der Waals surface area contributed by atoms with Crippen molar-refractivity contribution >= 4 is 11.6 Å². The van der Waals surface area contributed by atoms with Gasteiger partial charge in [-0.2, -0.15) is 0 Å². The van der Waals surface area contributed by atoms with Crippen molar-refractivity contribution in [3.05, 3.63) is 65.2 Å². The summed E-state index contributed by atoms with van der Waals surface area (Å²) in [5, 5.41) is 2.97. The average molecular weight is 336 g/mol. The average Bonchev–Trinajstić information content (AvgIpc) is 2.60. The fraction of sp³-hybridized carbons (Fsp3) is 0.409. The molecule has 1 N–H and O–H groups in total. The van der Waals surface area contributed by atoms with E-state index in [9.17, 15) is 4.79 Å². The molecule has 2 aromatic carbocycles. The van der Waals surface area contributed by atoms with Gasteiger partial charge in [-0.25, -0.2) is 0 Å². The number of piperidine rings is 1. The second-order valence-corrected chi connectivity index (χ2v) is 7.32. The van der Waals surface area contributed by atoms with E-state index < -0.39 is 0 Å². The maximum Gasteiger partial charge on any atom is 0.255 e. The van der Waals surface area contributed by atoms with Crippen LogP contribution in [-0.2, 0) is 6.54 Å². The number of anilines is 1. The molecule has 0 aliphatic carbocycles. The fourth-order valence-corrected chi connectivity index (χ4v) is 3.60. The van der Waals surface area contributed by atoms with Crippen molar-refractivity contribution in [3.8, 4) is 0 Å². The highest BCUT2D eigenvalue weighted by Crippen LogP contribution is 2.25. The number of likely N-dealkylation sites (tertiary alicyclic amines) is 1. The van der Waals surface area contributed by atoms with Gasteiger partial charge in [0.25, 0.3) is 5.91 Å². The predicted octanol–water partition coefficient (Wildman–Crippen LogP) is 5.01. The predicted molar refractivity (Wildman–Crippen MR) is 104 cm³/mol. The zero-order chi connectivity index (χ0) is 17.8. The molecule has 1 saturated heterocycles. The van der Waals surface area contributed by atoms with Crippen LogP contribution in [0.15, 0.2) is 48.5 Å². The summed E-state index contributed by atoms with van der Waals surface area (Å²) in [6, 6.07) is 17.2. The first-order valence-electron chi connectivity index (χ1n) is 9.25. The summed E-state index contributed by atoms with van der Waals surface area (Å²) in [6.07, 6.45) is 3.91. The zero-order valence-corrected chi connectivity index (χ0v) is 15.5. The van der Waals surface area contributed by atoms with E-state index >= 15 is 0 Å². The highest BCUT2D eigenvalue weighted by Gasteiger charge is 2.24. The molecule has 0 bridgehead atoms. The van der Waals surface area contributed by atoms with Crippen LogP contribution >= 0.6 is 0 Å². The minimum Gasteiger partial charge on any atom is -0.322 e. The molecule has 1 fully saturated rings. The fourth-order valence-electron chi connectivity index (χ4n) is 3.60. The number of carbonyl (C=O) groups excluding carboxylic acids is 1. The Morgan fingerprint density at radius 1 is 1.00 bits per heavy atom. The molecule has 1 amide bonds. The van der Waals surface area contributed by atoms with Crippen molar-refractivity contribution in [3.63, 3.8) is 0 Å². The molecule has 0 radical (unpaired) electrons. The van der Waals surface area contributed by atoms with Gasteiger partial charge in [-0.05, 0) is 63.4 Å². The summed E-state index contributed by atoms with van der Waals surface area (Å²) in [5.41, 5.74) is 3.98. The van der Waals surface area contributed by atoms with Gasteiger partial charge < -0.3 is 5.32 Å². The Hall–Kier alpha value is -2.13. The lowest BCUT2D eigenvalue weighted by atomic mass is 9.97. The number of carbonyl (C=O) groups is 1. The Morgan fingerprint density at radius 2 is 1.60 bits per heavy atom. The Balaban J connectivity index is 1.62. The molecule has 25 heavy (non-hydrogen) atoms. The van der Waals surface area contributed by atoms with Gasteiger partial charge in [0, 0.05) is 29.9 Å². The van der Waals surface area contributed by atoms with Crippen LogP contribution in [0, 0.1) is 6.92 Å². The Bertz CT molecular complexity index is 696. The summed E-state index contributed by atoms with van der Waals surface area (Å²) >= 11 is 0. The zero-order valence-electron chi connectivity index (χ0n) is 15.5. The van der Waals surface area contributed by atoms with Gasteiger partial charge in [0.2, 0.25) is 0 Å². The van der Waals surface area contributed by atoms with E-state index in [1.807, 2.05) is 43.3 Å². The lowest BCUT2D eigenvalue weighted by Gasteiger charge is -2.39. The molecular formula is C22H28N2O. The normalized spacial score (nSPS) is 21.1. The van der Waals surface area contributed by atoms with E-state index in [-0.39, 0.29) is 5.91 Å². The minimum absolute atomic E-state index is 0.0639. The van der Waals surface area contributed by atoms with Crippen molar-refractivity contribution < 1.29 is 4.79 Å². The lowest BCUT2D eigenvalue weighted by Crippen LogP contribution is -2.42. The molecule has 2 aromatic rings. The van der Waals surface area contributed by atoms with Crippen LogP contribution in [0.4, 0.5) is 5.69 Å². The third-order valence-corrected chi connectivity index (χ3v) is 5.27. The smallest absolute Gasteiger partial charge is 0.255 e. The summed E-state index contributed by atoms with van der Waals surface area (Å²) < 4.78 is 0. The number of rotatable bonds is 4. The molecule has 3 rings (SSSR count). The molecule has 0 saturated carbocycles. The number of hydrogen-bond donors (Lipinski definition) is 1. The third-order valence-electron chi connectivity index (χ3n) is 5.27. The molecule has 2 atom stereocenters. The third kappa shape index (κ3) is 4.49. The maximum atomic E-state index is 12.3. The molecule has 3 nitrogen and oxygen atoms in total. The van der Waals surface area contributed by atoms with Crippen LogP contribution in [0.2, 0.25) is 0 Å². The van der Waals surface area contributed by atoms with Crippen LogP contribution in [-0.4, -0.2) is 22.9 Å². The quantitative estimate of drug-likeness (QED) is 0.851. The molecule has 1 aliphatic heterocycles. The van der Waals surface area contributed by atoms with E-state index in [0.29, 0.717) is 17.6 Å². The molecule has 3 heteroatoms. The van der Waals surface area contributed by atoms with E-state index in [1.165, 1.54) is 24.8 Å². The SMILES string of the molecule is Cc1ccc(C(=O)Nc2ccc(CN3C(C)CCCC3C)cc2)cc1. The molecule has 0 spiro atoms. The van der Waals surface area contributed by atoms with Gasteiger partial charge in [0.15, 0.2) is 0 Å². The lowest BCUT2D eigenvalue weighted by molar-refractivity contribution is 0.0953. The van der Waals surface area contributed by atoms with E-state index in [2.05, 4.69) is 36.2 Å². The van der Waals surface area contributed by atoms with Gasteiger partial charge in [0.1, 0.15) is 0 Å². The summed E-state index contributed by atoms with van der Waals surface area (Å²) in [6.45, 7) is 7.65. The van der Waals surface area contributed by atoms with E-state index in [0.717, 1.165) is 17.8 Å². The highest BCUT2D eigenvalue weighted by atomic mass is 16.1. The minimum atomic E-state index is -0.0639. The second-order valence-electron chi connectivity index (χ2n) is 7.32. The van der Waals surface area contributed by atoms with Crippen molar-refractivity contribution in [1.29, 1.82) is 0 Å². The van der Waals surface area contributed by atoms with Crippen LogP contribution in [0.3, 0.4) is 0 Å². The van der Waals surface area contributed by atoms with Gasteiger partial charge in [-0.3, -0.25) is 9.69 Å². The topological polar surface area (TPSA) is 32.3 Å². The standard InChI is InChI=1S/C22H28N2O/c1-16-7-11-20(12-8-16)22(25)23-21-13-9-19(10-14-21)15-24-17(2)5-4-6-18(24)3/h7-14,17-18H,4-6,15H2,1-3H3,(H,23,25). The highest BCUT2D eigenvalue weighted by molar-refractivity contribution is 6.04. The van der Waals surface area contributed by atoms with Gasteiger partial charge >= 0.3 is 0 Å². The van der Waals surface area contributed by atoms with Gasteiger partial charge in [-0.15, -0.1) is 0 Å². The van der Waals surface area contributed by atoms with Crippen molar-refractivity contribution in [2.24, 2.45) is 0 Å². The number of amides is 1. The Morgan fingerprint density at radius 3 is 2.20 bits per heavy atom. The van der Waals surface area contributed by atoms with E-state index in [1.54, 1.807) is 0 Å². The number of nitrogens with one attached hydrogen (secondary N) is 1. The van der Waals surface area contributed by atoms with E-state index in [4.69, 9.17) is 0 Å². The molecular weight excluding hydrogens is 308 g/mol. The number of aryl methyl sites for hydroxylation is 1. The van der Waals surface area contributed by atoms with Crippen molar-refractivity contribution in [2.45, 2.75) is 58.7 Å². The number of benzene rings is 2. The van der Waals surface area contributed by atoms with Crippen LogP contribution < -0.4 is 5.32 Å². The number of hydrogen-bond acceptors (Lipinski definition) is 2. The molecule has 0 aromatic heterocycles.